The molecule has 0 aliphatic carbocycles. The first-order chi connectivity index (χ1) is 8.31. The monoisotopic (exact) mass is 251 g/mol. The molecule has 1 aromatic rings. The fraction of sp³-hybridized carbons (Fsp3) is 0.500. The number of likely N-dealkylation sites (N-methyl/N-ethyl adjacent to an activating group) is 1. The maximum atomic E-state index is 12.2. The molecule has 1 atom stereocenters. The van der Waals surface area contributed by atoms with E-state index < -0.39 is 5.60 Å². The lowest BCUT2D eigenvalue weighted by atomic mass is 10.0. The largest absolute Gasteiger partial charge is 0.508 e. The first-order valence-electron chi connectivity index (χ1n) is 5.91. The maximum absolute atomic E-state index is 12.2. The molecule has 0 spiro atoms. The van der Waals surface area contributed by atoms with Crippen LogP contribution in [0.25, 0.3) is 0 Å². The third kappa shape index (κ3) is 2.82. The van der Waals surface area contributed by atoms with Gasteiger partial charge in [-0.1, -0.05) is 18.2 Å². The molecular weight excluding hydrogens is 230 g/mol. The van der Waals surface area contributed by atoms with E-state index in [-0.39, 0.29) is 17.7 Å². The highest BCUT2D eigenvalue weighted by Crippen LogP contribution is 2.28. The van der Waals surface area contributed by atoms with Gasteiger partial charge < -0.3 is 14.7 Å². The summed E-state index contributed by atoms with van der Waals surface area (Å²) in [7, 11) is 3.22. The van der Waals surface area contributed by atoms with Crippen LogP contribution < -0.4 is 0 Å². The number of carbonyl (C=O) groups excluding carboxylic acids is 1. The van der Waals surface area contributed by atoms with Gasteiger partial charge in [-0.15, -0.1) is 0 Å². The Bertz CT molecular complexity index is 429. The van der Waals surface area contributed by atoms with Gasteiger partial charge in [0.1, 0.15) is 11.4 Å². The Morgan fingerprint density at radius 1 is 1.39 bits per heavy atom. The molecule has 1 aromatic carbocycles. The predicted molar refractivity (Wildman–Crippen MR) is 70.4 cm³/mol. The number of benzene rings is 1. The lowest BCUT2D eigenvalue weighted by Gasteiger charge is -2.32. The van der Waals surface area contributed by atoms with E-state index in [1.807, 2.05) is 19.1 Å². The highest BCUT2D eigenvalue weighted by molar-refractivity contribution is 5.84. The molecule has 4 nitrogen and oxygen atoms in total. The lowest BCUT2D eigenvalue weighted by molar-refractivity contribution is -0.151. The molecule has 0 aliphatic heterocycles. The van der Waals surface area contributed by atoms with Crippen LogP contribution in [-0.4, -0.2) is 35.7 Å². The molecule has 0 saturated carbocycles. The zero-order valence-electron chi connectivity index (χ0n) is 11.6. The molecule has 0 heterocycles. The number of hydrogen-bond acceptors (Lipinski definition) is 3. The number of ether oxygens (including phenoxy) is 1. The van der Waals surface area contributed by atoms with Gasteiger partial charge in [-0.2, -0.15) is 0 Å². The van der Waals surface area contributed by atoms with Gasteiger partial charge in [0.25, 0.3) is 5.91 Å². The lowest BCUT2D eigenvalue weighted by Crippen LogP contribution is -2.45. The molecule has 100 valence electrons. The fourth-order valence-electron chi connectivity index (χ4n) is 1.74. The summed E-state index contributed by atoms with van der Waals surface area (Å²) in [5.74, 6) is 0.0700. The standard InChI is InChI=1S/C14H21NO3/c1-10(11-8-6-7-9-12(11)16)15(4)13(17)14(2,3)18-5/h6-10,16H,1-5H3. The molecule has 0 aromatic heterocycles. The second-order valence-electron chi connectivity index (χ2n) is 4.87. The highest BCUT2D eigenvalue weighted by Gasteiger charge is 2.32. The average Bonchev–Trinajstić information content (AvgIpc) is 2.36. The first-order valence-corrected chi connectivity index (χ1v) is 5.91. The summed E-state index contributed by atoms with van der Waals surface area (Å²) in [5, 5.41) is 9.80. The van der Waals surface area contributed by atoms with Gasteiger partial charge in [0, 0.05) is 19.7 Å². The summed E-state index contributed by atoms with van der Waals surface area (Å²) in [6.45, 7) is 5.32. The number of nitrogens with zero attached hydrogens (tertiary/aromatic N) is 1. The van der Waals surface area contributed by atoms with E-state index in [9.17, 15) is 9.90 Å². The number of carbonyl (C=O) groups is 1. The van der Waals surface area contributed by atoms with Crippen LogP contribution in [0.5, 0.6) is 5.75 Å². The topological polar surface area (TPSA) is 49.8 Å². The van der Waals surface area contributed by atoms with Crippen LogP contribution in [0.1, 0.15) is 32.4 Å². The molecule has 1 unspecified atom stereocenters. The van der Waals surface area contributed by atoms with Gasteiger partial charge in [-0.3, -0.25) is 4.79 Å². The van der Waals surface area contributed by atoms with Crippen LogP contribution in [0.2, 0.25) is 0 Å². The van der Waals surface area contributed by atoms with Gasteiger partial charge in [0.2, 0.25) is 0 Å². The predicted octanol–water partition coefficient (Wildman–Crippen LogP) is 2.34. The van der Waals surface area contributed by atoms with Crippen molar-refractivity contribution in [3.8, 4) is 5.75 Å². The van der Waals surface area contributed by atoms with E-state index >= 15 is 0 Å². The molecule has 0 saturated heterocycles. The third-order valence-electron chi connectivity index (χ3n) is 3.31. The van der Waals surface area contributed by atoms with Crippen molar-refractivity contribution in [3.63, 3.8) is 0 Å². The molecule has 4 heteroatoms. The van der Waals surface area contributed by atoms with Crippen LogP contribution in [-0.2, 0) is 9.53 Å². The third-order valence-corrected chi connectivity index (χ3v) is 3.31. The van der Waals surface area contributed by atoms with E-state index in [2.05, 4.69) is 0 Å². The van der Waals surface area contributed by atoms with Gasteiger partial charge in [-0.05, 0) is 26.8 Å². The van der Waals surface area contributed by atoms with E-state index in [1.54, 1.807) is 37.9 Å². The van der Waals surface area contributed by atoms with Gasteiger partial charge in [0.15, 0.2) is 0 Å². The van der Waals surface area contributed by atoms with Crippen molar-refractivity contribution in [3.05, 3.63) is 29.8 Å². The number of phenolic OH excluding ortho intramolecular Hbond substituents is 1. The highest BCUT2D eigenvalue weighted by atomic mass is 16.5. The van der Waals surface area contributed by atoms with Crippen LogP contribution in [0.15, 0.2) is 24.3 Å². The average molecular weight is 251 g/mol. The number of amides is 1. The van der Waals surface area contributed by atoms with Crippen molar-refractivity contribution in [2.45, 2.75) is 32.4 Å². The van der Waals surface area contributed by atoms with Crippen LogP contribution in [0, 0.1) is 0 Å². The van der Waals surface area contributed by atoms with Crippen molar-refractivity contribution < 1.29 is 14.6 Å². The van der Waals surface area contributed by atoms with Gasteiger partial charge >= 0.3 is 0 Å². The molecule has 1 N–H and O–H groups in total. The summed E-state index contributed by atoms with van der Waals surface area (Å²) in [5.41, 5.74) is -0.145. The van der Waals surface area contributed by atoms with Gasteiger partial charge in [-0.25, -0.2) is 0 Å². The Morgan fingerprint density at radius 3 is 2.44 bits per heavy atom. The van der Waals surface area contributed by atoms with E-state index in [0.29, 0.717) is 0 Å². The zero-order chi connectivity index (χ0) is 13.9. The van der Waals surface area contributed by atoms with E-state index in [0.717, 1.165) is 5.56 Å². The summed E-state index contributed by atoms with van der Waals surface area (Å²) in [4.78, 5) is 13.8. The Morgan fingerprint density at radius 2 is 1.94 bits per heavy atom. The quantitative estimate of drug-likeness (QED) is 0.893. The first kappa shape index (κ1) is 14.5. The number of aromatic hydroxyl groups is 1. The summed E-state index contributed by atoms with van der Waals surface area (Å²) in [6.07, 6.45) is 0. The summed E-state index contributed by atoms with van der Waals surface area (Å²) >= 11 is 0. The smallest absolute Gasteiger partial charge is 0.254 e. The van der Waals surface area contributed by atoms with Crippen molar-refractivity contribution in [2.24, 2.45) is 0 Å². The summed E-state index contributed by atoms with van der Waals surface area (Å²) in [6, 6.07) is 6.81. The normalized spacial score (nSPS) is 13.2. The van der Waals surface area contributed by atoms with E-state index in [1.165, 1.54) is 7.11 Å². The number of hydrogen-bond donors (Lipinski definition) is 1. The minimum absolute atomic E-state index is 0.124. The van der Waals surface area contributed by atoms with Crippen molar-refractivity contribution in [1.82, 2.24) is 4.90 Å². The van der Waals surface area contributed by atoms with Crippen LogP contribution in [0.4, 0.5) is 0 Å². The second kappa shape index (κ2) is 5.40. The van der Waals surface area contributed by atoms with Gasteiger partial charge in [0.05, 0.1) is 6.04 Å². The maximum Gasteiger partial charge on any atom is 0.254 e. The fourth-order valence-corrected chi connectivity index (χ4v) is 1.74. The Labute approximate surface area is 108 Å². The molecule has 0 fully saturated rings. The van der Waals surface area contributed by atoms with Crippen molar-refractivity contribution in [1.29, 1.82) is 0 Å². The molecule has 1 rings (SSSR count). The molecule has 0 aliphatic rings. The Kier molecular flexibility index (Phi) is 4.35. The SMILES string of the molecule is COC(C)(C)C(=O)N(C)C(C)c1ccccc1O. The Balaban J connectivity index is 2.95. The van der Waals surface area contributed by atoms with Crippen LogP contribution >= 0.6 is 0 Å². The number of methoxy groups -OCH3 is 1. The molecular formula is C14H21NO3. The minimum atomic E-state index is -0.868. The zero-order valence-corrected chi connectivity index (χ0v) is 11.6. The van der Waals surface area contributed by atoms with Crippen molar-refractivity contribution >= 4 is 5.91 Å². The Hall–Kier alpha value is -1.55. The van der Waals surface area contributed by atoms with Crippen LogP contribution in [0.3, 0.4) is 0 Å². The van der Waals surface area contributed by atoms with E-state index in [4.69, 9.17) is 4.74 Å². The minimum Gasteiger partial charge on any atom is -0.508 e. The molecule has 1 amide bonds. The number of rotatable bonds is 4. The van der Waals surface area contributed by atoms with Crippen molar-refractivity contribution in [2.75, 3.05) is 14.2 Å². The molecule has 18 heavy (non-hydrogen) atoms. The molecule has 0 bridgehead atoms. The number of para-hydroxylation sites is 1. The molecule has 0 radical (unpaired) electrons. The summed E-state index contributed by atoms with van der Waals surface area (Å²) < 4.78 is 5.18. The number of phenols is 1. The second-order valence-corrected chi connectivity index (χ2v) is 4.87.